The predicted molar refractivity (Wildman–Crippen MR) is 98.4 cm³/mol. The molecule has 1 amide bonds. The molecular weight excluding hydrogens is 374 g/mol. The van der Waals surface area contributed by atoms with E-state index in [2.05, 4.69) is 4.99 Å². The van der Waals surface area contributed by atoms with E-state index >= 15 is 0 Å². The minimum Gasteiger partial charge on any atom is -0.373 e. The topological polar surface area (TPSA) is 81.0 Å². The van der Waals surface area contributed by atoms with Gasteiger partial charge in [-0.15, -0.1) is 11.3 Å². The highest BCUT2D eigenvalue weighted by atomic mass is 32.2. The SMILES string of the molecule is C[C@@H]1CN(S(=O)(=O)c2ccc(C(=O)N=c3sccn3C)cc2)C[C@@H](C)O1. The van der Waals surface area contributed by atoms with E-state index in [4.69, 9.17) is 4.74 Å². The summed E-state index contributed by atoms with van der Waals surface area (Å²) in [6.07, 6.45) is 1.51. The number of thiazole rings is 1. The number of aryl methyl sites for hydroxylation is 1. The van der Waals surface area contributed by atoms with E-state index in [1.807, 2.05) is 32.5 Å². The van der Waals surface area contributed by atoms with Gasteiger partial charge in [-0.05, 0) is 38.1 Å². The number of sulfonamides is 1. The van der Waals surface area contributed by atoms with Crippen molar-refractivity contribution in [3.63, 3.8) is 0 Å². The Balaban J connectivity index is 1.83. The van der Waals surface area contributed by atoms with Gasteiger partial charge in [0.05, 0.1) is 17.1 Å². The first-order valence-electron chi connectivity index (χ1n) is 8.22. The number of morpholine rings is 1. The number of hydrogen-bond acceptors (Lipinski definition) is 5. The molecule has 0 radical (unpaired) electrons. The Morgan fingerprint density at radius 1 is 1.19 bits per heavy atom. The number of amides is 1. The molecule has 0 bridgehead atoms. The van der Waals surface area contributed by atoms with E-state index in [0.717, 1.165) is 0 Å². The summed E-state index contributed by atoms with van der Waals surface area (Å²) in [5.74, 6) is -0.402. The molecule has 0 aliphatic carbocycles. The van der Waals surface area contributed by atoms with Crippen LogP contribution in [0.4, 0.5) is 0 Å². The van der Waals surface area contributed by atoms with Gasteiger partial charge in [0.2, 0.25) is 10.0 Å². The zero-order valence-electron chi connectivity index (χ0n) is 14.8. The van der Waals surface area contributed by atoms with Gasteiger partial charge < -0.3 is 9.30 Å². The standard InChI is InChI=1S/C17H21N3O4S2/c1-12-10-20(11-13(2)24-12)26(22,23)15-6-4-14(5-7-15)16(21)18-17-19(3)8-9-25-17/h4-9,12-13H,10-11H2,1-3H3/t12-,13-/m1/s1. The second-order valence-electron chi connectivity index (χ2n) is 6.32. The van der Waals surface area contributed by atoms with Gasteiger partial charge in [-0.25, -0.2) is 8.42 Å². The second-order valence-corrected chi connectivity index (χ2v) is 9.13. The molecule has 0 saturated carbocycles. The number of aromatic nitrogens is 1. The van der Waals surface area contributed by atoms with Gasteiger partial charge in [-0.1, -0.05) is 0 Å². The van der Waals surface area contributed by atoms with Crippen molar-refractivity contribution >= 4 is 27.3 Å². The molecule has 1 aromatic heterocycles. The van der Waals surface area contributed by atoms with Gasteiger partial charge in [0.15, 0.2) is 4.80 Å². The molecule has 2 heterocycles. The largest absolute Gasteiger partial charge is 0.373 e. The summed E-state index contributed by atoms with van der Waals surface area (Å²) >= 11 is 1.36. The third kappa shape index (κ3) is 3.96. The highest BCUT2D eigenvalue weighted by molar-refractivity contribution is 7.89. The van der Waals surface area contributed by atoms with Crippen molar-refractivity contribution in [1.29, 1.82) is 0 Å². The number of rotatable bonds is 3. The summed E-state index contributed by atoms with van der Waals surface area (Å²) in [7, 11) is -1.81. The quantitative estimate of drug-likeness (QED) is 0.791. The molecule has 0 N–H and O–H groups in total. The van der Waals surface area contributed by atoms with E-state index in [1.165, 1.54) is 39.9 Å². The normalized spacial score (nSPS) is 22.5. The number of benzene rings is 1. The molecule has 1 fully saturated rings. The lowest BCUT2D eigenvalue weighted by molar-refractivity contribution is -0.0440. The van der Waals surface area contributed by atoms with Gasteiger partial charge in [-0.2, -0.15) is 9.30 Å². The number of carbonyl (C=O) groups is 1. The third-order valence-corrected chi connectivity index (χ3v) is 6.78. The fourth-order valence-electron chi connectivity index (χ4n) is 2.83. The van der Waals surface area contributed by atoms with E-state index in [9.17, 15) is 13.2 Å². The first kappa shape index (κ1) is 19.0. The number of ether oxygens (including phenoxy) is 1. The molecule has 1 aromatic carbocycles. The molecular formula is C17H21N3O4S2. The lowest BCUT2D eigenvalue weighted by Crippen LogP contribution is -2.48. The average molecular weight is 396 g/mol. The van der Waals surface area contributed by atoms with Crippen LogP contribution in [0.5, 0.6) is 0 Å². The fraction of sp³-hybridized carbons (Fsp3) is 0.412. The summed E-state index contributed by atoms with van der Waals surface area (Å²) in [5.41, 5.74) is 0.348. The van der Waals surface area contributed by atoms with Crippen molar-refractivity contribution in [3.8, 4) is 0 Å². The van der Waals surface area contributed by atoms with Crippen LogP contribution in [0.25, 0.3) is 0 Å². The average Bonchev–Trinajstić information content (AvgIpc) is 2.99. The van der Waals surface area contributed by atoms with Crippen LogP contribution < -0.4 is 4.80 Å². The first-order valence-corrected chi connectivity index (χ1v) is 10.5. The van der Waals surface area contributed by atoms with Crippen molar-refractivity contribution in [2.45, 2.75) is 31.0 Å². The monoisotopic (exact) mass is 395 g/mol. The molecule has 0 spiro atoms. The van der Waals surface area contributed by atoms with Crippen LogP contribution in [0.2, 0.25) is 0 Å². The van der Waals surface area contributed by atoms with Crippen LogP contribution in [0.3, 0.4) is 0 Å². The van der Waals surface area contributed by atoms with Crippen LogP contribution in [0.1, 0.15) is 24.2 Å². The zero-order chi connectivity index (χ0) is 18.9. The Kier molecular flexibility index (Phi) is 5.42. The molecule has 1 aliphatic heterocycles. The van der Waals surface area contributed by atoms with Crippen LogP contribution in [-0.2, 0) is 21.8 Å². The Labute approximate surface area is 156 Å². The van der Waals surface area contributed by atoms with Crippen molar-refractivity contribution in [1.82, 2.24) is 8.87 Å². The summed E-state index contributed by atoms with van der Waals surface area (Å²) in [4.78, 5) is 17.1. The van der Waals surface area contributed by atoms with Crippen molar-refractivity contribution in [3.05, 3.63) is 46.2 Å². The minimum atomic E-state index is -3.62. The first-order chi connectivity index (χ1) is 12.3. The Morgan fingerprint density at radius 3 is 2.35 bits per heavy atom. The molecule has 9 heteroatoms. The maximum atomic E-state index is 12.8. The van der Waals surface area contributed by atoms with E-state index < -0.39 is 15.9 Å². The zero-order valence-corrected chi connectivity index (χ0v) is 16.5. The van der Waals surface area contributed by atoms with Crippen LogP contribution in [0.15, 0.2) is 45.7 Å². The molecule has 2 atom stereocenters. The summed E-state index contributed by atoms with van der Waals surface area (Å²) in [5, 5.41) is 1.84. The predicted octanol–water partition coefficient (Wildman–Crippen LogP) is 1.63. The second kappa shape index (κ2) is 7.43. The molecule has 3 rings (SSSR count). The maximum Gasteiger partial charge on any atom is 0.279 e. The number of hydrogen-bond donors (Lipinski definition) is 0. The maximum absolute atomic E-state index is 12.8. The highest BCUT2D eigenvalue weighted by Crippen LogP contribution is 2.21. The van der Waals surface area contributed by atoms with Gasteiger partial charge >= 0.3 is 0 Å². The fourth-order valence-corrected chi connectivity index (χ4v) is 5.15. The van der Waals surface area contributed by atoms with Crippen LogP contribution >= 0.6 is 11.3 Å². The van der Waals surface area contributed by atoms with Crippen molar-refractivity contribution in [2.24, 2.45) is 12.0 Å². The van der Waals surface area contributed by atoms with Crippen LogP contribution in [-0.4, -0.2) is 48.5 Å². The number of nitrogens with zero attached hydrogens (tertiary/aromatic N) is 3. The van der Waals surface area contributed by atoms with Gasteiger partial charge in [0.1, 0.15) is 0 Å². The van der Waals surface area contributed by atoms with Crippen molar-refractivity contribution in [2.75, 3.05) is 13.1 Å². The van der Waals surface area contributed by atoms with Crippen LogP contribution in [0, 0.1) is 0 Å². The molecule has 26 heavy (non-hydrogen) atoms. The van der Waals surface area contributed by atoms with Gasteiger partial charge in [-0.3, -0.25) is 4.79 Å². The molecule has 0 unspecified atom stereocenters. The molecule has 140 valence electrons. The highest BCUT2D eigenvalue weighted by Gasteiger charge is 2.32. The van der Waals surface area contributed by atoms with E-state index in [-0.39, 0.29) is 17.1 Å². The Hall–Kier alpha value is -1.81. The van der Waals surface area contributed by atoms with Gasteiger partial charge in [0.25, 0.3) is 5.91 Å². The van der Waals surface area contributed by atoms with E-state index in [0.29, 0.717) is 23.5 Å². The number of carbonyl (C=O) groups excluding carboxylic acids is 1. The molecule has 7 nitrogen and oxygen atoms in total. The molecule has 1 saturated heterocycles. The van der Waals surface area contributed by atoms with E-state index in [1.54, 1.807) is 4.57 Å². The smallest absolute Gasteiger partial charge is 0.279 e. The summed E-state index contributed by atoms with van der Waals surface area (Å²) in [6.45, 7) is 4.34. The Morgan fingerprint density at radius 2 is 1.81 bits per heavy atom. The molecule has 1 aliphatic rings. The summed E-state index contributed by atoms with van der Waals surface area (Å²) in [6, 6.07) is 5.91. The lowest BCUT2D eigenvalue weighted by atomic mass is 10.2. The van der Waals surface area contributed by atoms with Gasteiger partial charge in [0, 0.05) is 37.3 Å². The summed E-state index contributed by atoms with van der Waals surface area (Å²) < 4.78 is 34.4. The van der Waals surface area contributed by atoms with Crippen molar-refractivity contribution < 1.29 is 17.9 Å². The Bertz CT molecular complexity index is 950. The lowest BCUT2D eigenvalue weighted by Gasteiger charge is -2.34. The minimum absolute atomic E-state index is 0.153. The third-order valence-electron chi connectivity index (χ3n) is 4.08. The molecule has 2 aromatic rings.